The molecule has 0 spiro atoms. The topological polar surface area (TPSA) is 35.5 Å². The maximum absolute atomic E-state index is 11.1. The van der Waals surface area contributed by atoms with Gasteiger partial charge in [0.1, 0.15) is 12.7 Å². The van der Waals surface area contributed by atoms with Gasteiger partial charge < -0.3 is 9.47 Å². The molecule has 0 heterocycles. The zero-order chi connectivity index (χ0) is 13.4. The first-order chi connectivity index (χ1) is 8.65. The highest BCUT2D eigenvalue weighted by Gasteiger charge is 2.08. The molecule has 1 aromatic rings. The highest BCUT2D eigenvalue weighted by atomic mass is 16.6. The van der Waals surface area contributed by atoms with Gasteiger partial charge in [0.15, 0.2) is 0 Å². The zero-order valence-corrected chi connectivity index (χ0v) is 10.6. The summed E-state index contributed by atoms with van der Waals surface area (Å²) < 4.78 is 10.5. The zero-order valence-electron chi connectivity index (χ0n) is 10.6. The van der Waals surface area contributed by atoms with Gasteiger partial charge in [0.05, 0.1) is 6.61 Å². The maximum Gasteiger partial charge on any atom is 0.333 e. The van der Waals surface area contributed by atoms with Gasteiger partial charge in [0.2, 0.25) is 0 Å². The van der Waals surface area contributed by atoms with Crippen LogP contribution in [0.3, 0.4) is 0 Å². The van der Waals surface area contributed by atoms with Crippen molar-refractivity contribution in [2.24, 2.45) is 0 Å². The second kappa shape index (κ2) is 7.45. The van der Waals surface area contributed by atoms with Crippen LogP contribution in [0, 0.1) is 0 Å². The number of hydrogen-bond acceptors (Lipinski definition) is 3. The second-order valence-electron chi connectivity index (χ2n) is 3.85. The van der Waals surface area contributed by atoms with E-state index in [1.165, 1.54) is 0 Å². The molecule has 0 aromatic heterocycles. The molecule has 0 radical (unpaired) electrons. The third-order valence-corrected chi connectivity index (χ3v) is 2.30. The highest BCUT2D eigenvalue weighted by molar-refractivity contribution is 5.86. The van der Waals surface area contributed by atoms with E-state index in [1.807, 2.05) is 30.3 Å². The number of ether oxygens (including phenoxy) is 2. The standard InChI is InChI=1S/C15H18O3/c1-4-14(13-8-6-5-7-9-13)17-10-11-18-15(16)12(2)3/h4-9,14H,1-2,10-11H2,3H3. The number of benzene rings is 1. The van der Waals surface area contributed by atoms with Gasteiger partial charge >= 0.3 is 5.97 Å². The van der Waals surface area contributed by atoms with Crippen LogP contribution in [0.1, 0.15) is 18.6 Å². The van der Waals surface area contributed by atoms with Gasteiger partial charge in [-0.05, 0) is 12.5 Å². The van der Waals surface area contributed by atoms with E-state index in [1.54, 1.807) is 13.0 Å². The second-order valence-corrected chi connectivity index (χ2v) is 3.85. The lowest BCUT2D eigenvalue weighted by molar-refractivity contribution is -0.140. The van der Waals surface area contributed by atoms with Crippen LogP contribution in [0.25, 0.3) is 0 Å². The molecule has 1 atom stereocenters. The summed E-state index contributed by atoms with van der Waals surface area (Å²) in [7, 11) is 0. The SMILES string of the molecule is C=CC(OCCOC(=O)C(=C)C)c1ccccc1. The molecule has 0 saturated carbocycles. The van der Waals surface area contributed by atoms with Crippen LogP contribution >= 0.6 is 0 Å². The monoisotopic (exact) mass is 246 g/mol. The fraction of sp³-hybridized carbons (Fsp3) is 0.267. The van der Waals surface area contributed by atoms with Crippen LogP contribution in [-0.4, -0.2) is 19.2 Å². The van der Waals surface area contributed by atoms with E-state index in [0.29, 0.717) is 12.2 Å². The van der Waals surface area contributed by atoms with Crippen LogP contribution in [0.15, 0.2) is 55.1 Å². The Labute approximate surface area is 108 Å². The van der Waals surface area contributed by atoms with Crippen molar-refractivity contribution in [3.05, 3.63) is 60.7 Å². The molecule has 0 aliphatic carbocycles. The minimum atomic E-state index is -0.395. The van der Waals surface area contributed by atoms with Gasteiger partial charge in [-0.15, -0.1) is 6.58 Å². The van der Waals surface area contributed by atoms with Crippen LogP contribution in [-0.2, 0) is 14.3 Å². The van der Waals surface area contributed by atoms with Gasteiger partial charge in [-0.3, -0.25) is 0 Å². The minimum absolute atomic E-state index is 0.185. The fourth-order valence-corrected chi connectivity index (χ4v) is 1.38. The van der Waals surface area contributed by atoms with Gasteiger partial charge in [-0.25, -0.2) is 4.79 Å². The Morgan fingerprint density at radius 1 is 1.33 bits per heavy atom. The maximum atomic E-state index is 11.1. The molecule has 3 heteroatoms. The molecule has 3 nitrogen and oxygen atoms in total. The number of carbonyl (C=O) groups is 1. The Hall–Kier alpha value is -1.87. The minimum Gasteiger partial charge on any atom is -0.460 e. The van der Waals surface area contributed by atoms with E-state index in [2.05, 4.69) is 13.2 Å². The highest BCUT2D eigenvalue weighted by Crippen LogP contribution is 2.17. The summed E-state index contributed by atoms with van der Waals surface area (Å²) >= 11 is 0. The van der Waals surface area contributed by atoms with E-state index in [0.717, 1.165) is 5.56 Å². The third kappa shape index (κ3) is 4.55. The van der Waals surface area contributed by atoms with Crippen molar-refractivity contribution in [2.45, 2.75) is 13.0 Å². The smallest absolute Gasteiger partial charge is 0.333 e. The Kier molecular flexibility index (Phi) is 5.88. The molecule has 0 aliphatic heterocycles. The first-order valence-corrected chi connectivity index (χ1v) is 5.77. The van der Waals surface area contributed by atoms with Crippen LogP contribution < -0.4 is 0 Å². The summed E-state index contributed by atoms with van der Waals surface area (Å²) in [6.07, 6.45) is 1.53. The van der Waals surface area contributed by atoms with Gasteiger partial charge in [0.25, 0.3) is 0 Å². The van der Waals surface area contributed by atoms with Crippen LogP contribution in [0.5, 0.6) is 0 Å². The normalized spacial score (nSPS) is 11.6. The number of hydrogen-bond donors (Lipinski definition) is 0. The quantitative estimate of drug-likeness (QED) is 0.321. The van der Waals surface area contributed by atoms with Crippen molar-refractivity contribution in [3.63, 3.8) is 0 Å². The molecule has 0 aliphatic rings. The summed E-state index contributed by atoms with van der Waals surface area (Å²) in [6.45, 7) is 9.38. The third-order valence-electron chi connectivity index (χ3n) is 2.30. The lowest BCUT2D eigenvalue weighted by Crippen LogP contribution is -2.12. The molecule has 0 bridgehead atoms. The molecule has 18 heavy (non-hydrogen) atoms. The Balaban J connectivity index is 2.35. The van der Waals surface area contributed by atoms with Crippen molar-refractivity contribution in [3.8, 4) is 0 Å². The molecular weight excluding hydrogens is 228 g/mol. The molecule has 0 amide bonds. The van der Waals surface area contributed by atoms with E-state index in [9.17, 15) is 4.79 Å². The molecule has 0 N–H and O–H groups in total. The summed E-state index contributed by atoms with van der Waals surface area (Å²) in [5.41, 5.74) is 1.41. The molecular formula is C15H18O3. The fourth-order valence-electron chi connectivity index (χ4n) is 1.38. The van der Waals surface area contributed by atoms with E-state index >= 15 is 0 Å². The molecule has 0 saturated heterocycles. The first kappa shape index (κ1) is 14.2. The Morgan fingerprint density at radius 3 is 2.56 bits per heavy atom. The molecule has 1 aromatic carbocycles. The lowest BCUT2D eigenvalue weighted by Gasteiger charge is -2.14. The van der Waals surface area contributed by atoms with Crippen LogP contribution in [0.2, 0.25) is 0 Å². The average Bonchev–Trinajstić information content (AvgIpc) is 2.39. The van der Waals surface area contributed by atoms with Crippen molar-refractivity contribution in [2.75, 3.05) is 13.2 Å². The number of carbonyl (C=O) groups excluding carboxylic acids is 1. The Morgan fingerprint density at radius 2 is 2.00 bits per heavy atom. The number of esters is 1. The Bertz CT molecular complexity index is 409. The summed E-state index contributed by atoms with van der Waals surface area (Å²) in [4.78, 5) is 11.1. The predicted octanol–water partition coefficient (Wildman–Crippen LogP) is 3.05. The van der Waals surface area contributed by atoms with Crippen molar-refractivity contribution < 1.29 is 14.3 Å². The van der Waals surface area contributed by atoms with E-state index in [4.69, 9.17) is 9.47 Å². The molecule has 0 fully saturated rings. The predicted molar refractivity (Wildman–Crippen MR) is 71.1 cm³/mol. The largest absolute Gasteiger partial charge is 0.460 e. The van der Waals surface area contributed by atoms with Crippen molar-refractivity contribution in [1.82, 2.24) is 0 Å². The molecule has 1 unspecified atom stereocenters. The van der Waals surface area contributed by atoms with Crippen molar-refractivity contribution >= 4 is 5.97 Å². The molecule has 96 valence electrons. The summed E-state index contributed by atoms with van der Waals surface area (Å²) in [5, 5.41) is 0. The van der Waals surface area contributed by atoms with Gasteiger partial charge in [0, 0.05) is 5.57 Å². The van der Waals surface area contributed by atoms with Gasteiger partial charge in [-0.1, -0.05) is 43.0 Å². The molecule has 1 rings (SSSR count). The summed E-state index contributed by atoms with van der Waals surface area (Å²) in [6, 6.07) is 9.75. The van der Waals surface area contributed by atoms with E-state index < -0.39 is 5.97 Å². The van der Waals surface area contributed by atoms with Crippen molar-refractivity contribution in [1.29, 1.82) is 0 Å². The lowest BCUT2D eigenvalue weighted by atomic mass is 10.1. The van der Waals surface area contributed by atoms with Gasteiger partial charge in [-0.2, -0.15) is 0 Å². The average molecular weight is 246 g/mol. The van der Waals surface area contributed by atoms with E-state index in [-0.39, 0.29) is 12.7 Å². The number of rotatable bonds is 7. The van der Waals surface area contributed by atoms with Crippen LogP contribution in [0.4, 0.5) is 0 Å². The summed E-state index contributed by atoms with van der Waals surface area (Å²) in [5.74, 6) is -0.395. The first-order valence-electron chi connectivity index (χ1n) is 5.77.